The van der Waals surface area contributed by atoms with Crippen molar-refractivity contribution in [1.29, 1.82) is 0 Å². The Morgan fingerprint density at radius 3 is 2.83 bits per heavy atom. The van der Waals surface area contributed by atoms with Crippen molar-refractivity contribution < 1.29 is 9.50 Å². The molecule has 1 fully saturated rings. The quantitative estimate of drug-likeness (QED) is 0.881. The number of hydrogen-bond donors (Lipinski definition) is 1. The molecule has 18 heavy (non-hydrogen) atoms. The molecular weight excluding hydrogens is 295 g/mol. The predicted octanol–water partition coefficient (Wildman–Crippen LogP) is 4.32. The molecule has 3 unspecified atom stereocenters. The van der Waals surface area contributed by atoms with Crippen LogP contribution in [0.4, 0.5) is 4.39 Å². The summed E-state index contributed by atoms with van der Waals surface area (Å²) in [6.07, 6.45) is 4.87. The van der Waals surface area contributed by atoms with Crippen molar-refractivity contribution in [3.63, 3.8) is 0 Å². The van der Waals surface area contributed by atoms with Crippen molar-refractivity contribution in [3.8, 4) is 0 Å². The molecule has 0 bridgehead atoms. The van der Waals surface area contributed by atoms with Gasteiger partial charge in [-0.25, -0.2) is 4.39 Å². The minimum atomic E-state index is -0.346. The van der Waals surface area contributed by atoms with Crippen LogP contribution < -0.4 is 0 Å². The van der Waals surface area contributed by atoms with Gasteiger partial charge in [0.05, 0.1) is 6.10 Å². The monoisotopic (exact) mass is 314 g/mol. The number of benzene rings is 1. The van der Waals surface area contributed by atoms with E-state index in [0.717, 1.165) is 22.9 Å². The van der Waals surface area contributed by atoms with Crippen LogP contribution in [-0.4, -0.2) is 11.2 Å². The third-order valence-corrected chi connectivity index (χ3v) is 4.35. The van der Waals surface area contributed by atoms with Crippen LogP contribution >= 0.6 is 15.9 Å². The Bertz CT molecular complexity index is 387. The maximum atomic E-state index is 13.3. The summed E-state index contributed by atoms with van der Waals surface area (Å²) in [7, 11) is 0. The normalized spacial score (nSPS) is 26.0. The van der Waals surface area contributed by atoms with Gasteiger partial charge in [0.25, 0.3) is 0 Å². The van der Waals surface area contributed by atoms with Gasteiger partial charge in [0.15, 0.2) is 0 Å². The second-order valence-electron chi connectivity index (χ2n) is 5.58. The van der Waals surface area contributed by atoms with Gasteiger partial charge in [0.1, 0.15) is 5.82 Å². The molecule has 1 aliphatic rings. The lowest BCUT2D eigenvalue weighted by molar-refractivity contribution is 0.0719. The van der Waals surface area contributed by atoms with Crippen LogP contribution in [0.25, 0.3) is 0 Å². The Kier molecular flexibility index (Phi) is 4.79. The lowest BCUT2D eigenvalue weighted by atomic mass is 9.78. The lowest BCUT2D eigenvalue weighted by Gasteiger charge is -2.30. The Morgan fingerprint density at radius 1 is 1.39 bits per heavy atom. The molecule has 0 spiro atoms. The summed E-state index contributed by atoms with van der Waals surface area (Å²) in [5.41, 5.74) is 0.868. The molecule has 0 saturated heterocycles. The minimum Gasteiger partial charge on any atom is -0.392 e. The van der Waals surface area contributed by atoms with Gasteiger partial charge in [-0.15, -0.1) is 0 Å². The molecule has 100 valence electrons. The highest BCUT2D eigenvalue weighted by Gasteiger charge is 2.25. The average Bonchev–Trinajstić information content (AvgIpc) is 2.27. The molecule has 0 radical (unpaired) electrons. The van der Waals surface area contributed by atoms with Crippen molar-refractivity contribution in [3.05, 3.63) is 34.1 Å². The van der Waals surface area contributed by atoms with Gasteiger partial charge in [-0.3, -0.25) is 0 Å². The third-order valence-electron chi connectivity index (χ3n) is 3.89. The van der Waals surface area contributed by atoms with E-state index in [1.807, 2.05) is 6.07 Å². The maximum absolute atomic E-state index is 13.3. The van der Waals surface area contributed by atoms with E-state index < -0.39 is 0 Å². The lowest BCUT2D eigenvalue weighted by Crippen LogP contribution is -2.27. The maximum Gasteiger partial charge on any atom is 0.124 e. The van der Waals surface area contributed by atoms with E-state index in [0.29, 0.717) is 18.3 Å². The molecule has 1 aliphatic carbocycles. The highest BCUT2D eigenvalue weighted by molar-refractivity contribution is 9.10. The van der Waals surface area contributed by atoms with Crippen LogP contribution in [0, 0.1) is 17.7 Å². The van der Waals surface area contributed by atoms with E-state index in [2.05, 4.69) is 22.9 Å². The summed E-state index contributed by atoms with van der Waals surface area (Å²) in [5, 5.41) is 10.3. The van der Waals surface area contributed by atoms with Crippen LogP contribution in [0.2, 0.25) is 0 Å². The molecule has 1 aromatic rings. The molecule has 1 saturated carbocycles. The van der Waals surface area contributed by atoms with E-state index in [1.54, 1.807) is 0 Å². The summed E-state index contributed by atoms with van der Waals surface area (Å²) >= 11 is 3.29. The largest absolute Gasteiger partial charge is 0.392 e. The fourth-order valence-corrected chi connectivity index (χ4v) is 3.48. The summed E-state index contributed by atoms with van der Waals surface area (Å²) in [6.45, 7) is 2.25. The Hall–Kier alpha value is -0.410. The molecule has 3 heteroatoms. The second kappa shape index (κ2) is 6.16. The van der Waals surface area contributed by atoms with Crippen molar-refractivity contribution in [2.45, 2.75) is 45.1 Å². The van der Waals surface area contributed by atoms with Crippen molar-refractivity contribution in [1.82, 2.24) is 0 Å². The predicted molar refractivity (Wildman–Crippen MR) is 74.9 cm³/mol. The number of hydrogen-bond acceptors (Lipinski definition) is 1. The standard InChI is InChI=1S/C15H20BrFO/c1-10-3-2-4-12(5-10)15(18)8-11-6-13(16)9-14(17)7-11/h6-7,9-10,12,15,18H,2-5,8H2,1H3. The summed E-state index contributed by atoms with van der Waals surface area (Å²) in [6, 6.07) is 4.84. The van der Waals surface area contributed by atoms with E-state index >= 15 is 0 Å². The molecule has 0 amide bonds. The first-order valence-electron chi connectivity index (χ1n) is 6.67. The van der Waals surface area contributed by atoms with Gasteiger partial charge in [-0.1, -0.05) is 35.7 Å². The van der Waals surface area contributed by atoms with Gasteiger partial charge < -0.3 is 5.11 Å². The van der Waals surface area contributed by atoms with E-state index in [1.165, 1.54) is 25.0 Å². The molecule has 1 N–H and O–H groups in total. The fourth-order valence-electron chi connectivity index (χ4n) is 2.97. The smallest absolute Gasteiger partial charge is 0.124 e. The average molecular weight is 315 g/mol. The van der Waals surface area contributed by atoms with Gasteiger partial charge in [0.2, 0.25) is 0 Å². The van der Waals surface area contributed by atoms with Gasteiger partial charge in [-0.05, 0) is 54.9 Å². The van der Waals surface area contributed by atoms with Crippen molar-refractivity contribution in [2.24, 2.45) is 11.8 Å². The molecular formula is C15H20BrFO. The van der Waals surface area contributed by atoms with Crippen molar-refractivity contribution in [2.75, 3.05) is 0 Å². The van der Waals surface area contributed by atoms with Gasteiger partial charge in [-0.2, -0.15) is 0 Å². The van der Waals surface area contributed by atoms with E-state index in [4.69, 9.17) is 0 Å². The number of aliphatic hydroxyl groups is 1. The summed E-state index contributed by atoms with van der Waals surface area (Å²) < 4.78 is 14.0. The highest BCUT2D eigenvalue weighted by Crippen LogP contribution is 2.32. The second-order valence-corrected chi connectivity index (χ2v) is 6.50. The number of rotatable bonds is 3. The zero-order valence-electron chi connectivity index (χ0n) is 10.7. The topological polar surface area (TPSA) is 20.2 Å². The zero-order valence-corrected chi connectivity index (χ0v) is 12.3. The molecule has 3 atom stereocenters. The van der Waals surface area contributed by atoms with Crippen LogP contribution in [-0.2, 0) is 6.42 Å². The minimum absolute atomic E-state index is 0.247. The van der Waals surface area contributed by atoms with Crippen LogP contribution in [0.15, 0.2) is 22.7 Å². The van der Waals surface area contributed by atoms with E-state index in [9.17, 15) is 9.50 Å². The molecule has 2 rings (SSSR count). The van der Waals surface area contributed by atoms with Crippen LogP contribution in [0.3, 0.4) is 0 Å². The third kappa shape index (κ3) is 3.79. The highest BCUT2D eigenvalue weighted by atomic mass is 79.9. The van der Waals surface area contributed by atoms with Crippen LogP contribution in [0.5, 0.6) is 0 Å². The number of aliphatic hydroxyl groups excluding tert-OH is 1. The molecule has 0 heterocycles. The first-order chi connectivity index (χ1) is 8.54. The van der Waals surface area contributed by atoms with Crippen LogP contribution in [0.1, 0.15) is 38.2 Å². The van der Waals surface area contributed by atoms with Gasteiger partial charge >= 0.3 is 0 Å². The number of halogens is 2. The Balaban J connectivity index is 1.99. The molecule has 1 aromatic carbocycles. The molecule has 0 aromatic heterocycles. The summed E-state index contributed by atoms with van der Waals surface area (Å²) in [5.74, 6) is 0.831. The SMILES string of the molecule is CC1CCCC(C(O)Cc2cc(F)cc(Br)c2)C1. The first-order valence-corrected chi connectivity index (χ1v) is 7.47. The fraction of sp³-hybridized carbons (Fsp3) is 0.600. The van der Waals surface area contributed by atoms with Gasteiger partial charge in [0, 0.05) is 4.47 Å². The van der Waals surface area contributed by atoms with Crippen molar-refractivity contribution >= 4 is 15.9 Å². The van der Waals surface area contributed by atoms with E-state index in [-0.39, 0.29) is 11.9 Å². The first kappa shape index (κ1) is 14.0. The Labute approximate surface area is 117 Å². The Morgan fingerprint density at radius 2 is 2.17 bits per heavy atom. The molecule has 0 aliphatic heterocycles. The zero-order chi connectivity index (χ0) is 13.1. The molecule has 1 nitrogen and oxygen atoms in total. The summed E-state index contributed by atoms with van der Waals surface area (Å²) in [4.78, 5) is 0.